The van der Waals surface area contributed by atoms with Crippen LogP contribution in [0.2, 0.25) is 0 Å². The summed E-state index contributed by atoms with van der Waals surface area (Å²) in [5.41, 5.74) is 5.06. The monoisotopic (exact) mass is 174 g/mol. The van der Waals surface area contributed by atoms with Crippen molar-refractivity contribution in [1.29, 1.82) is 0 Å². The number of rotatable bonds is 1. The van der Waals surface area contributed by atoms with Crippen LogP contribution >= 0.6 is 0 Å². The van der Waals surface area contributed by atoms with Gasteiger partial charge in [0.05, 0.1) is 0 Å². The van der Waals surface area contributed by atoms with Crippen LogP contribution in [0, 0.1) is 0 Å². The van der Waals surface area contributed by atoms with Gasteiger partial charge >= 0.3 is 0 Å². The molecule has 1 aromatic carbocycles. The SMILES string of the molecule is CCc1ccc2c(c1)C(C)(C)CC2. The van der Waals surface area contributed by atoms with Gasteiger partial charge in [-0.1, -0.05) is 39.0 Å². The van der Waals surface area contributed by atoms with E-state index >= 15 is 0 Å². The second kappa shape index (κ2) is 2.87. The summed E-state index contributed by atoms with van der Waals surface area (Å²) in [6.45, 7) is 6.94. The van der Waals surface area contributed by atoms with Crippen LogP contribution in [0.4, 0.5) is 0 Å². The predicted octanol–water partition coefficient (Wildman–Crippen LogP) is 3.47. The third-order valence-corrected chi connectivity index (χ3v) is 3.33. The number of fused-ring (bicyclic) bond motifs is 1. The van der Waals surface area contributed by atoms with Crippen molar-refractivity contribution in [3.8, 4) is 0 Å². The van der Waals surface area contributed by atoms with Crippen molar-refractivity contribution in [2.45, 2.75) is 45.4 Å². The highest BCUT2D eigenvalue weighted by Crippen LogP contribution is 2.38. The topological polar surface area (TPSA) is 0 Å². The van der Waals surface area contributed by atoms with E-state index in [9.17, 15) is 0 Å². The molecule has 0 unspecified atom stereocenters. The van der Waals surface area contributed by atoms with Crippen molar-refractivity contribution in [1.82, 2.24) is 0 Å². The maximum absolute atomic E-state index is 2.41. The van der Waals surface area contributed by atoms with Crippen LogP contribution in [0.3, 0.4) is 0 Å². The Morgan fingerprint density at radius 2 is 2.08 bits per heavy atom. The molecule has 0 saturated carbocycles. The molecule has 0 spiro atoms. The molecule has 0 heteroatoms. The summed E-state index contributed by atoms with van der Waals surface area (Å²) in [6.07, 6.45) is 3.74. The molecule has 0 aliphatic heterocycles. The fourth-order valence-electron chi connectivity index (χ4n) is 2.27. The van der Waals surface area contributed by atoms with Gasteiger partial charge in [0.25, 0.3) is 0 Å². The molecule has 0 nitrogen and oxygen atoms in total. The minimum atomic E-state index is 0.417. The summed E-state index contributed by atoms with van der Waals surface area (Å²) < 4.78 is 0. The third-order valence-electron chi connectivity index (χ3n) is 3.33. The molecule has 0 radical (unpaired) electrons. The molecule has 0 bridgehead atoms. The van der Waals surface area contributed by atoms with Gasteiger partial charge in [-0.25, -0.2) is 0 Å². The van der Waals surface area contributed by atoms with Gasteiger partial charge in [0, 0.05) is 0 Å². The molecule has 1 aromatic rings. The van der Waals surface area contributed by atoms with Gasteiger partial charge in [0.2, 0.25) is 0 Å². The average molecular weight is 174 g/mol. The van der Waals surface area contributed by atoms with Gasteiger partial charge in [-0.05, 0) is 41.4 Å². The van der Waals surface area contributed by atoms with Gasteiger partial charge in [-0.15, -0.1) is 0 Å². The van der Waals surface area contributed by atoms with Crippen LogP contribution in [0.15, 0.2) is 18.2 Å². The quantitative estimate of drug-likeness (QED) is 0.611. The summed E-state index contributed by atoms with van der Waals surface area (Å²) in [6, 6.07) is 7.01. The average Bonchev–Trinajstić information content (AvgIpc) is 2.42. The molecule has 0 heterocycles. The second-order valence-electron chi connectivity index (χ2n) is 4.73. The van der Waals surface area contributed by atoms with Crippen LogP contribution in [0.5, 0.6) is 0 Å². The van der Waals surface area contributed by atoms with Crippen molar-refractivity contribution in [3.05, 3.63) is 34.9 Å². The van der Waals surface area contributed by atoms with Crippen molar-refractivity contribution < 1.29 is 0 Å². The molecule has 0 atom stereocenters. The molecule has 0 fully saturated rings. The molecule has 13 heavy (non-hydrogen) atoms. The lowest BCUT2D eigenvalue weighted by Gasteiger charge is -2.19. The molecular formula is C13H18. The van der Waals surface area contributed by atoms with Crippen molar-refractivity contribution in [2.24, 2.45) is 0 Å². The lowest BCUT2D eigenvalue weighted by molar-refractivity contribution is 0.522. The Morgan fingerprint density at radius 3 is 2.77 bits per heavy atom. The van der Waals surface area contributed by atoms with Gasteiger partial charge in [0.1, 0.15) is 0 Å². The van der Waals surface area contributed by atoms with Crippen LogP contribution in [-0.2, 0) is 18.3 Å². The Kier molecular flexibility index (Phi) is 1.94. The smallest absolute Gasteiger partial charge is 0.00976 e. The second-order valence-corrected chi connectivity index (χ2v) is 4.73. The minimum absolute atomic E-state index is 0.417. The zero-order chi connectivity index (χ0) is 9.47. The molecule has 0 N–H and O–H groups in total. The number of hydrogen-bond donors (Lipinski definition) is 0. The Hall–Kier alpha value is -0.780. The third kappa shape index (κ3) is 1.39. The van der Waals surface area contributed by atoms with Gasteiger partial charge in [-0.2, -0.15) is 0 Å². The van der Waals surface area contributed by atoms with Gasteiger partial charge in [-0.3, -0.25) is 0 Å². The normalized spacial score (nSPS) is 18.7. The Labute approximate surface area is 81.0 Å². The van der Waals surface area contributed by atoms with E-state index in [2.05, 4.69) is 39.0 Å². The van der Waals surface area contributed by atoms with Crippen molar-refractivity contribution in [2.75, 3.05) is 0 Å². The van der Waals surface area contributed by atoms with Crippen molar-refractivity contribution >= 4 is 0 Å². The van der Waals surface area contributed by atoms with E-state index in [-0.39, 0.29) is 0 Å². The first-order chi connectivity index (χ1) is 6.13. The van der Waals surface area contributed by atoms with Gasteiger partial charge < -0.3 is 0 Å². The highest BCUT2D eigenvalue weighted by Gasteiger charge is 2.29. The molecular weight excluding hydrogens is 156 g/mol. The lowest BCUT2D eigenvalue weighted by atomic mass is 9.86. The number of hydrogen-bond acceptors (Lipinski definition) is 0. The summed E-state index contributed by atoms with van der Waals surface area (Å²) in [4.78, 5) is 0. The highest BCUT2D eigenvalue weighted by atomic mass is 14.3. The van der Waals surface area contributed by atoms with Crippen molar-refractivity contribution in [3.63, 3.8) is 0 Å². The maximum atomic E-state index is 2.41. The van der Waals surface area contributed by atoms with E-state index in [0.717, 1.165) is 6.42 Å². The molecule has 0 saturated heterocycles. The molecule has 2 rings (SSSR count). The summed E-state index contributed by atoms with van der Waals surface area (Å²) in [7, 11) is 0. The van der Waals surface area contributed by atoms with E-state index in [0.29, 0.717) is 5.41 Å². The largest absolute Gasteiger partial charge is 0.0613 e. The molecule has 1 aliphatic carbocycles. The van der Waals surface area contributed by atoms with E-state index < -0.39 is 0 Å². The molecule has 0 amide bonds. The minimum Gasteiger partial charge on any atom is -0.0613 e. The van der Waals surface area contributed by atoms with E-state index in [1.54, 1.807) is 11.1 Å². The Morgan fingerprint density at radius 1 is 1.31 bits per heavy atom. The van der Waals surface area contributed by atoms with E-state index in [1.807, 2.05) is 0 Å². The van der Waals surface area contributed by atoms with Gasteiger partial charge in [0.15, 0.2) is 0 Å². The maximum Gasteiger partial charge on any atom is -0.00976 e. The summed E-state index contributed by atoms with van der Waals surface area (Å²) in [5.74, 6) is 0. The zero-order valence-corrected chi connectivity index (χ0v) is 8.85. The summed E-state index contributed by atoms with van der Waals surface area (Å²) in [5, 5.41) is 0. The fourth-order valence-corrected chi connectivity index (χ4v) is 2.27. The lowest BCUT2D eigenvalue weighted by Crippen LogP contribution is -2.11. The summed E-state index contributed by atoms with van der Waals surface area (Å²) >= 11 is 0. The molecule has 1 aliphatic rings. The molecule has 70 valence electrons. The van der Waals surface area contributed by atoms with Crippen LogP contribution < -0.4 is 0 Å². The number of benzene rings is 1. The highest BCUT2D eigenvalue weighted by molar-refractivity contribution is 5.41. The molecule has 0 aromatic heterocycles. The van der Waals surface area contributed by atoms with Crippen LogP contribution in [0.25, 0.3) is 0 Å². The van der Waals surface area contributed by atoms with Crippen LogP contribution in [-0.4, -0.2) is 0 Å². The zero-order valence-electron chi connectivity index (χ0n) is 8.85. The predicted molar refractivity (Wildman–Crippen MR) is 57.2 cm³/mol. The Bertz CT molecular complexity index is 321. The first kappa shape index (κ1) is 8.80. The Balaban J connectivity index is 2.50. The first-order valence-corrected chi connectivity index (χ1v) is 5.26. The first-order valence-electron chi connectivity index (χ1n) is 5.26. The number of aryl methyl sites for hydroxylation is 2. The standard InChI is InChI=1S/C13H18/c1-4-10-5-6-11-7-8-13(2,3)12(11)9-10/h5-6,9H,4,7-8H2,1-3H3. The van der Waals surface area contributed by atoms with E-state index in [4.69, 9.17) is 0 Å². The van der Waals surface area contributed by atoms with E-state index in [1.165, 1.54) is 18.4 Å². The van der Waals surface area contributed by atoms with Crippen LogP contribution in [0.1, 0.15) is 43.9 Å². The fraction of sp³-hybridized carbons (Fsp3) is 0.538.